The number of carbonyl (C=O) groups excluding carboxylic acids is 1. The van der Waals surface area contributed by atoms with Gasteiger partial charge in [-0.25, -0.2) is 0 Å². The molecule has 1 aliphatic rings. The van der Waals surface area contributed by atoms with Gasteiger partial charge in [0.1, 0.15) is 0 Å². The van der Waals surface area contributed by atoms with E-state index in [0.717, 1.165) is 12.2 Å². The van der Waals surface area contributed by atoms with Gasteiger partial charge in [-0.05, 0) is 37.0 Å². The molecule has 0 heterocycles. The van der Waals surface area contributed by atoms with Gasteiger partial charge in [-0.1, -0.05) is 19.3 Å². The van der Waals surface area contributed by atoms with Crippen LogP contribution >= 0.6 is 0 Å². The smallest absolute Gasteiger partial charge is 0.253 e. The molecule has 110 valence electrons. The predicted molar refractivity (Wildman–Crippen MR) is 84.1 cm³/mol. The Morgan fingerprint density at radius 3 is 2.65 bits per heavy atom. The van der Waals surface area contributed by atoms with E-state index in [-0.39, 0.29) is 5.91 Å². The zero-order chi connectivity index (χ0) is 14.5. The summed E-state index contributed by atoms with van der Waals surface area (Å²) in [5, 5.41) is 3.07. The molecule has 0 aromatic heterocycles. The minimum absolute atomic E-state index is 0.0217. The highest BCUT2D eigenvalue weighted by molar-refractivity contribution is 6.00. The van der Waals surface area contributed by atoms with E-state index in [0.29, 0.717) is 17.2 Å². The van der Waals surface area contributed by atoms with Crippen LogP contribution in [0.1, 0.15) is 42.5 Å². The summed E-state index contributed by atoms with van der Waals surface area (Å²) in [7, 11) is 3.87. The SMILES string of the molecule is CN(C)c1ccc(N)cc1C(=O)NCC1CCCCC1. The van der Waals surface area contributed by atoms with Crippen molar-refractivity contribution < 1.29 is 4.79 Å². The number of nitrogens with zero attached hydrogens (tertiary/aromatic N) is 1. The Bertz CT molecular complexity index is 465. The van der Waals surface area contributed by atoms with E-state index in [2.05, 4.69) is 5.32 Å². The van der Waals surface area contributed by atoms with Gasteiger partial charge in [0.05, 0.1) is 5.56 Å². The Balaban J connectivity index is 2.02. The Hall–Kier alpha value is -1.71. The van der Waals surface area contributed by atoms with Crippen LogP contribution in [0.5, 0.6) is 0 Å². The average Bonchev–Trinajstić information content (AvgIpc) is 2.45. The van der Waals surface area contributed by atoms with Gasteiger partial charge in [0.25, 0.3) is 5.91 Å². The summed E-state index contributed by atoms with van der Waals surface area (Å²) in [4.78, 5) is 14.3. The molecular formula is C16H25N3O. The van der Waals surface area contributed by atoms with E-state index < -0.39 is 0 Å². The number of nitrogens with two attached hydrogens (primary N) is 1. The third kappa shape index (κ3) is 3.65. The van der Waals surface area contributed by atoms with E-state index in [1.165, 1.54) is 32.1 Å². The van der Waals surface area contributed by atoms with Gasteiger partial charge in [-0.3, -0.25) is 4.79 Å². The highest BCUT2D eigenvalue weighted by atomic mass is 16.1. The minimum atomic E-state index is -0.0217. The third-order valence-electron chi connectivity index (χ3n) is 4.02. The second-order valence-electron chi connectivity index (χ2n) is 5.89. The number of amides is 1. The molecule has 3 N–H and O–H groups in total. The first-order valence-corrected chi connectivity index (χ1v) is 7.43. The maximum Gasteiger partial charge on any atom is 0.253 e. The molecule has 0 bridgehead atoms. The molecular weight excluding hydrogens is 250 g/mol. The Morgan fingerprint density at radius 2 is 2.00 bits per heavy atom. The van der Waals surface area contributed by atoms with E-state index in [9.17, 15) is 4.79 Å². The lowest BCUT2D eigenvalue weighted by molar-refractivity contribution is 0.0944. The van der Waals surface area contributed by atoms with Crippen molar-refractivity contribution in [2.75, 3.05) is 31.3 Å². The van der Waals surface area contributed by atoms with Crippen LogP contribution in [0.15, 0.2) is 18.2 Å². The van der Waals surface area contributed by atoms with Crippen LogP contribution in [0, 0.1) is 5.92 Å². The first-order chi connectivity index (χ1) is 9.58. The quantitative estimate of drug-likeness (QED) is 0.831. The number of rotatable bonds is 4. The number of nitrogens with one attached hydrogen (secondary N) is 1. The van der Waals surface area contributed by atoms with Gasteiger partial charge in [-0.15, -0.1) is 0 Å². The topological polar surface area (TPSA) is 58.4 Å². The first-order valence-electron chi connectivity index (χ1n) is 7.43. The molecule has 0 spiro atoms. The number of hydrogen-bond donors (Lipinski definition) is 2. The highest BCUT2D eigenvalue weighted by Crippen LogP contribution is 2.24. The first kappa shape index (κ1) is 14.7. The lowest BCUT2D eigenvalue weighted by atomic mass is 9.89. The normalized spacial score (nSPS) is 15.9. The molecule has 4 heteroatoms. The van der Waals surface area contributed by atoms with Crippen LogP contribution < -0.4 is 16.0 Å². The van der Waals surface area contributed by atoms with Crippen LogP contribution in [0.25, 0.3) is 0 Å². The van der Waals surface area contributed by atoms with Crippen molar-refractivity contribution in [3.63, 3.8) is 0 Å². The molecule has 1 saturated carbocycles. The largest absolute Gasteiger partial charge is 0.399 e. The Labute approximate surface area is 121 Å². The summed E-state index contributed by atoms with van der Waals surface area (Å²) in [6, 6.07) is 5.48. The lowest BCUT2D eigenvalue weighted by Crippen LogP contribution is -2.31. The zero-order valence-corrected chi connectivity index (χ0v) is 12.5. The molecule has 1 aromatic carbocycles. The van der Waals surface area contributed by atoms with E-state index >= 15 is 0 Å². The number of hydrogen-bond acceptors (Lipinski definition) is 3. The molecule has 0 radical (unpaired) electrons. The molecule has 4 nitrogen and oxygen atoms in total. The number of nitrogen functional groups attached to an aromatic ring is 1. The van der Waals surface area contributed by atoms with Crippen molar-refractivity contribution >= 4 is 17.3 Å². The molecule has 1 aromatic rings. The van der Waals surface area contributed by atoms with Gasteiger partial charge in [0.2, 0.25) is 0 Å². The molecule has 1 amide bonds. The van der Waals surface area contributed by atoms with Crippen LogP contribution in [0.3, 0.4) is 0 Å². The number of anilines is 2. The molecule has 0 unspecified atom stereocenters. The number of carbonyl (C=O) groups is 1. The fraction of sp³-hybridized carbons (Fsp3) is 0.562. The standard InChI is InChI=1S/C16H25N3O/c1-19(2)15-9-8-13(17)10-14(15)16(20)18-11-12-6-4-3-5-7-12/h8-10,12H,3-7,11,17H2,1-2H3,(H,18,20). The fourth-order valence-electron chi connectivity index (χ4n) is 2.85. The van der Waals surface area contributed by atoms with Crippen LogP contribution in [-0.2, 0) is 0 Å². The zero-order valence-electron chi connectivity index (χ0n) is 12.5. The summed E-state index contributed by atoms with van der Waals surface area (Å²) in [5.41, 5.74) is 7.99. The summed E-state index contributed by atoms with van der Waals surface area (Å²) in [6.07, 6.45) is 6.39. The molecule has 20 heavy (non-hydrogen) atoms. The fourth-order valence-corrected chi connectivity index (χ4v) is 2.85. The number of benzene rings is 1. The molecule has 1 aliphatic carbocycles. The summed E-state index contributed by atoms with van der Waals surface area (Å²) < 4.78 is 0. The van der Waals surface area contributed by atoms with Gasteiger partial charge in [0.15, 0.2) is 0 Å². The summed E-state index contributed by atoms with van der Waals surface area (Å²) >= 11 is 0. The van der Waals surface area contributed by atoms with Crippen molar-refractivity contribution in [3.8, 4) is 0 Å². The molecule has 0 saturated heterocycles. The van der Waals surface area contributed by atoms with Gasteiger partial charge >= 0.3 is 0 Å². The van der Waals surface area contributed by atoms with Crippen LogP contribution in [-0.4, -0.2) is 26.5 Å². The van der Waals surface area contributed by atoms with Crippen LogP contribution in [0.2, 0.25) is 0 Å². The van der Waals surface area contributed by atoms with Crippen molar-refractivity contribution in [2.45, 2.75) is 32.1 Å². The van der Waals surface area contributed by atoms with Crippen molar-refractivity contribution in [1.29, 1.82) is 0 Å². The average molecular weight is 275 g/mol. The maximum absolute atomic E-state index is 12.4. The minimum Gasteiger partial charge on any atom is -0.399 e. The second kappa shape index (κ2) is 6.64. The predicted octanol–water partition coefficient (Wildman–Crippen LogP) is 2.64. The van der Waals surface area contributed by atoms with Crippen LogP contribution in [0.4, 0.5) is 11.4 Å². The second-order valence-corrected chi connectivity index (χ2v) is 5.89. The van der Waals surface area contributed by atoms with Gasteiger partial charge < -0.3 is 16.0 Å². The molecule has 1 fully saturated rings. The third-order valence-corrected chi connectivity index (χ3v) is 4.02. The summed E-state index contributed by atoms with van der Waals surface area (Å²) in [6.45, 7) is 0.778. The van der Waals surface area contributed by atoms with E-state index in [1.807, 2.05) is 31.1 Å². The highest BCUT2D eigenvalue weighted by Gasteiger charge is 2.17. The Morgan fingerprint density at radius 1 is 1.30 bits per heavy atom. The monoisotopic (exact) mass is 275 g/mol. The molecule has 0 atom stereocenters. The Kier molecular flexibility index (Phi) is 4.88. The maximum atomic E-state index is 12.4. The summed E-state index contributed by atoms with van der Waals surface area (Å²) in [5.74, 6) is 0.614. The van der Waals surface area contributed by atoms with Gasteiger partial charge in [-0.2, -0.15) is 0 Å². The molecule has 2 rings (SSSR count). The van der Waals surface area contributed by atoms with E-state index in [4.69, 9.17) is 5.73 Å². The molecule has 0 aliphatic heterocycles. The van der Waals surface area contributed by atoms with Crippen molar-refractivity contribution in [1.82, 2.24) is 5.32 Å². The van der Waals surface area contributed by atoms with Gasteiger partial charge in [0, 0.05) is 32.0 Å². The van der Waals surface area contributed by atoms with E-state index in [1.54, 1.807) is 6.07 Å². The van der Waals surface area contributed by atoms with Crippen molar-refractivity contribution in [3.05, 3.63) is 23.8 Å². The van der Waals surface area contributed by atoms with Crippen molar-refractivity contribution in [2.24, 2.45) is 5.92 Å². The lowest BCUT2D eigenvalue weighted by Gasteiger charge is -2.23.